The molecule has 0 aliphatic heterocycles. The van der Waals surface area contributed by atoms with E-state index in [-0.39, 0.29) is 53.3 Å². The van der Waals surface area contributed by atoms with E-state index in [2.05, 4.69) is 5.32 Å². The van der Waals surface area contributed by atoms with Gasteiger partial charge in [-0.25, -0.2) is 0 Å². The fourth-order valence-corrected chi connectivity index (χ4v) is 4.05. The number of rotatable bonds is 10. The van der Waals surface area contributed by atoms with Gasteiger partial charge in [0.25, 0.3) is 5.91 Å². The number of ether oxygens (including phenoxy) is 2. The minimum Gasteiger partial charge on any atom is -0.484 e. The molecule has 1 N–H and O–H groups in total. The van der Waals surface area contributed by atoms with E-state index in [1.165, 1.54) is 18.2 Å². The van der Waals surface area contributed by atoms with E-state index < -0.39 is 4.92 Å². The summed E-state index contributed by atoms with van der Waals surface area (Å²) in [4.78, 5) is 35.0. The summed E-state index contributed by atoms with van der Waals surface area (Å²) in [7, 11) is 0. The first kappa shape index (κ1) is 24.8. The lowest BCUT2D eigenvalue weighted by Gasteiger charge is -2.28. The number of hydrogen-bond acceptors (Lipinski definition) is 6. The van der Waals surface area contributed by atoms with E-state index in [4.69, 9.17) is 32.7 Å². The lowest BCUT2D eigenvalue weighted by molar-refractivity contribution is -0.385. The molecule has 2 aromatic carbocycles. The first-order valence-electron chi connectivity index (χ1n) is 10.6. The Balaban J connectivity index is 1.36. The molecule has 0 atom stereocenters. The third-order valence-electron chi connectivity index (χ3n) is 5.42. The average molecular weight is 495 g/mol. The number of hydrogen-bond donors (Lipinski definition) is 1. The van der Waals surface area contributed by atoms with Crippen LogP contribution in [0.5, 0.6) is 11.5 Å². The van der Waals surface area contributed by atoms with Crippen molar-refractivity contribution in [2.45, 2.75) is 38.1 Å². The predicted octanol–water partition coefficient (Wildman–Crippen LogP) is 4.99. The summed E-state index contributed by atoms with van der Waals surface area (Å²) in [6.45, 7) is -0.310. The lowest BCUT2D eigenvalue weighted by atomic mass is 9.83. The van der Waals surface area contributed by atoms with E-state index in [0.717, 1.165) is 25.7 Å². The minimum atomic E-state index is -0.595. The first-order chi connectivity index (χ1) is 15.8. The number of carbonyl (C=O) groups excluding carboxylic acids is 2. The number of nitrogens with zero attached hydrogens (tertiary/aromatic N) is 1. The van der Waals surface area contributed by atoms with Crippen molar-refractivity contribution in [3.05, 3.63) is 62.6 Å². The second kappa shape index (κ2) is 11.9. The second-order valence-corrected chi connectivity index (χ2v) is 8.80. The topological polar surface area (TPSA) is 108 Å². The highest BCUT2D eigenvalue weighted by Gasteiger charge is 2.25. The Kier molecular flexibility index (Phi) is 8.91. The van der Waals surface area contributed by atoms with Crippen molar-refractivity contribution in [2.75, 3.05) is 13.2 Å². The van der Waals surface area contributed by atoms with Crippen LogP contribution in [0, 0.1) is 16.0 Å². The van der Waals surface area contributed by atoms with Crippen molar-refractivity contribution < 1.29 is 24.0 Å². The van der Waals surface area contributed by atoms with Gasteiger partial charge in [0.15, 0.2) is 18.1 Å². The Labute approximate surface area is 201 Å². The van der Waals surface area contributed by atoms with Crippen LogP contribution in [0.1, 0.15) is 32.1 Å². The van der Waals surface area contributed by atoms with Crippen LogP contribution in [0.25, 0.3) is 0 Å². The molecule has 1 amide bonds. The molecule has 8 nitrogen and oxygen atoms in total. The third-order valence-corrected chi connectivity index (χ3v) is 5.91. The SMILES string of the molecule is O=C(COc1ccc(Cl)cc1[N+](=O)[O-])CC1CCC(NC(=O)COc2ccc(Cl)cc2)CC1. The second-order valence-electron chi connectivity index (χ2n) is 7.93. The van der Waals surface area contributed by atoms with Gasteiger partial charge in [0.1, 0.15) is 12.4 Å². The van der Waals surface area contributed by atoms with E-state index in [1.807, 2.05) is 0 Å². The van der Waals surface area contributed by atoms with Crippen LogP contribution in [-0.4, -0.2) is 35.9 Å². The number of nitro groups is 1. The highest BCUT2D eigenvalue weighted by atomic mass is 35.5. The highest BCUT2D eigenvalue weighted by molar-refractivity contribution is 6.31. The van der Waals surface area contributed by atoms with E-state index in [0.29, 0.717) is 17.2 Å². The number of benzene rings is 2. The maximum Gasteiger partial charge on any atom is 0.312 e. The minimum absolute atomic E-state index is 0.0185. The number of carbonyl (C=O) groups is 2. The maximum absolute atomic E-state index is 12.3. The fraction of sp³-hybridized carbons (Fsp3) is 0.391. The molecule has 0 unspecified atom stereocenters. The quantitative estimate of drug-likeness (QED) is 0.368. The van der Waals surface area contributed by atoms with Gasteiger partial charge in [-0.3, -0.25) is 19.7 Å². The summed E-state index contributed by atoms with van der Waals surface area (Å²) in [5.74, 6) is 0.471. The van der Waals surface area contributed by atoms with Gasteiger partial charge in [-0.05, 0) is 68.0 Å². The third kappa shape index (κ3) is 7.91. The number of amides is 1. The lowest BCUT2D eigenvalue weighted by Crippen LogP contribution is -2.40. The van der Waals surface area contributed by atoms with Crippen LogP contribution in [-0.2, 0) is 9.59 Å². The molecule has 1 aliphatic carbocycles. The van der Waals surface area contributed by atoms with Gasteiger partial charge < -0.3 is 14.8 Å². The molecule has 1 aliphatic rings. The normalized spacial score (nSPS) is 17.8. The average Bonchev–Trinajstić information content (AvgIpc) is 2.79. The van der Waals surface area contributed by atoms with Crippen molar-refractivity contribution in [1.29, 1.82) is 0 Å². The number of Topliss-reactive ketones (excluding diaryl/α,β-unsaturated/α-hetero) is 1. The van der Waals surface area contributed by atoms with Crippen LogP contribution in [0.4, 0.5) is 5.69 Å². The summed E-state index contributed by atoms with van der Waals surface area (Å²) in [6.07, 6.45) is 3.48. The van der Waals surface area contributed by atoms with E-state index in [1.54, 1.807) is 24.3 Å². The molecule has 0 aromatic heterocycles. The summed E-state index contributed by atoms with van der Waals surface area (Å²) in [5, 5.41) is 14.9. The van der Waals surface area contributed by atoms with Crippen molar-refractivity contribution in [3.63, 3.8) is 0 Å². The molecule has 0 radical (unpaired) electrons. The zero-order valence-electron chi connectivity index (χ0n) is 17.8. The van der Waals surface area contributed by atoms with Crippen molar-refractivity contribution >= 4 is 40.6 Å². The Bertz CT molecular complexity index is 991. The molecular formula is C23H24Cl2N2O6. The molecule has 0 heterocycles. The van der Waals surface area contributed by atoms with Crippen LogP contribution in [0.15, 0.2) is 42.5 Å². The number of nitrogens with one attached hydrogen (secondary N) is 1. The molecule has 1 saturated carbocycles. The van der Waals surface area contributed by atoms with Crippen molar-refractivity contribution in [3.8, 4) is 11.5 Å². The largest absolute Gasteiger partial charge is 0.484 e. The predicted molar refractivity (Wildman–Crippen MR) is 124 cm³/mol. The molecule has 0 spiro atoms. The van der Waals surface area contributed by atoms with Gasteiger partial charge in [-0.2, -0.15) is 0 Å². The van der Waals surface area contributed by atoms with Gasteiger partial charge >= 0.3 is 5.69 Å². The Morgan fingerprint density at radius 2 is 1.64 bits per heavy atom. The van der Waals surface area contributed by atoms with Gasteiger partial charge in [0.2, 0.25) is 0 Å². The van der Waals surface area contributed by atoms with Gasteiger partial charge in [-0.1, -0.05) is 23.2 Å². The molecule has 0 saturated heterocycles. The van der Waals surface area contributed by atoms with Crippen LogP contribution in [0.3, 0.4) is 0 Å². The molecule has 1 fully saturated rings. The molecular weight excluding hydrogens is 471 g/mol. The zero-order valence-corrected chi connectivity index (χ0v) is 19.3. The summed E-state index contributed by atoms with van der Waals surface area (Å²) in [6, 6.07) is 10.9. The molecule has 33 heavy (non-hydrogen) atoms. The summed E-state index contributed by atoms with van der Waals surface area (Å²) in [5.41, 5.74) is -0.272. The Hall–Kier alpha value is -2.84. The summed E-state index contributed by atoms with van der Waals surface area (Å²) < 4.78 is 10.8. The van der Waals surface area contributed by atoms with Gasteiger partial charge in [0, 0.05) is 28.6 Å². The monoisotopic (exact) mass is 494 g/mol. The van der Waals surface area contributed by atoms with E-state index >= 15 is 0 Å². The smallest absolute Gasteiger partial charge is 0.312 e. The Morgan fingerprint density at radius 1 is 0.970 bits per heavy atom. The van der Waals surface area contributed by atoms with E-state index in [9.17, 15) is 19.7 Å². The van der Waals surface area contributed by atoms with Crippen LogP contribution in [0.2, 0.25) is 10.0 Å². The first-order valence-corrected chi connectivity index (χ1v) is 11.3. The van der Waals surface area contributed by atoms with Gasteiger partial charge in [-0.15, -0.1) is 0 Å². The fourth-order valence-electron chi connectivity index (χ4n) is 3.75. The number of nitro benzene ring substituents is 1. The van der Waals surface area contributed by atoms with Crippen LogP contribution >= 0.6 is 23.2 Å². The van der Waals surface area contributed by atoms with Crippen molar-refractivity contribution in [1.82, 2.24) is 5.32 Å². The standard InChI is InChI=1S/C23H24Cl2N2O6/c24-16-3-8-20(9-4-16)32-14-23(29)26-18-6-1-15(2-7-18)11-19(28)13-33-22-10-5-17(25)12-21(22)27(30)31/h3-5,8-10,12,15,18H,1-2,6-7,11,13-14H2,(H,26,29). The Morgan fingerprint density at radius 3 is 2.30 bits per heavy atom. The van der Waals surface area contributed by atoms with Crippen molar-refractivity contribution in [2.24, 2.45) is 5.92 Å². The number of halogens is 2. The molecule has 3 rings (SSSR count). The molecule has 176 valence electrons. The summed E-state index contributed by atoms with van der Waals surface area (Å²) >= 11 is 11.6. The number of ketones is 1. The molecule has 2 aromatic rings. The van der Waals surface area contributed by atoms with Crippen LogP contribution < -0.4 is 14.8 Å². The zero-order chi connectivity index (χ0) is 23.8. The maximum atomic E-state index is 12.3. The molecule has 10 heteroatoms. The van der Waals surface area contributed by atoms with Gasteiger partial charge in [0.05, 0.1) is 4.92 Å². The highest BCUT2D eigenvalue weighted by Crippen LogP contribution is 2.31. The molecule has 0 bridgehead atoms.